The minimum absolute atomic E-state index is 0.105. The lowest BCUT2D eigenvalue weighted by molar-refractivity contribution is -0.161. The van der Waals surface area contributed by atoms with Gasteiger partial charge >= 0.3 is 11.9 Å². The van der Waals surface area contributed by atoms with Gasteiger partial charge in [0.1, 0.15) is 13.0 Å². The zero-order valence-corrected chi connectivity index (χ0v) is 18.1. The van der Waals surface area contributed by atoms with Crippen molar-refractivity contribution in [3.63, 3.8) is 0 Å². The van der Waals surface area contributed by atoms with Crippen LogP contribution in [0.5, 0.6) is 0 Å². The fraction of sp³-hybridized carbons (Fsp3) is 0.103. The Hall–Kier alpha value is -4.18. The molecule has 0 fully saturated rings. The molecule has 164 valence electrons. The van der Waals surface area contributed by atoms with Crippen molar-refractivity contribution in [2.45, 2.75) is 18.6 Å². The van der Waals surface area contributed by atoms with Crippen LogP contribution in [0.3, 0.4) is 0 Å². The van der Waals surface area contributed by atoms with Crippen LogP contribution in [0.1, 0.15) is 28.7 Å². The predicted molar refractivity (Wildman–Crippen MR) is 126 cm³/mol. The van der Waals surface area contributed by atoms with E-state index in [0.29, 0.717) is 0 Å². The molecular formula is C29H24O4. The van der Waals surface area contributed by atoms with Crippen molar-refractivity contribution in [3.8, 4) is 0 Å². The molecule has 0 aliphatic heterocycles. The maximum absolute atomic E-state index is 13.1. The zero-order chi connectivity index (χ0) is 22.9. The van der Waals surface area contributed by atoms with Gasteiger partial charge in [0.15, 0.2) is 5.60 Å². The molecular weight excluding hydrogens is 412 g/mol. The third-order valence-corrected chi connectivity index (χ3v) is 5.34. The summed E-state index contributed by atoms with van der Waals surface area (Å²) >= 11 is 0. The van der Waals surface area contributed by atoms with Crippen molar-refractivity contribution >= 4 is 11.9 Å². The molecule has 0 atom stereocenters. The van der Waals surface area contributed by atoms with Crippen LogP contribution < -0.4 is 0 Å². The summed E-state index contributed by atoms with van der Waals surface area (Å²) in [6.45, 7) is 0.105. The third kappa shape index (κ3) is 5.18. The zero-order valence-electron chi connectivity index (χ0n) is 18.1. The van der Waals surface area contributed by atoms with Gasteiger partial charge < -0.3 is 9.47 Å². The van der Waals surface area contributed by atoms with Crippen LogP contribution in [0.2, 0.25) is 0 Å². The van der Waals surface area contributed by atoms with E-state index in [1.165, 1.54) is 0 Å². The average Bonchev–Trinajstić information content (AvgIpc) is 2.88. The lowest BCUT2D eigenvalue weighted by atomic mass is 9.80. The Balaban J connectivity index is 1.64. The molecule has 0 aliphatic rings. The Morgan fingerprint density at radius 1 is 0.545 bits per heavy atom. The van der Waals surface area contributed by atoms with Crippen LogP contribution in [0.15, 0.2) is 121 Å². The van der Waals surface area contributed by atoms with Crippen molar-refractivity contribution in [1.29, 1.82) is 0 Å². The summed E-state index contributed by atoms with van der Waals surface area (Å²) in [5.74, 6) is -1.29. The number of carbonyl (C=O) groups excluding carboxylic acids is 2. The van der Waals surface area contributed by atoms with Gasteiger partial charge in [0, 0.05) is 16.7 Å². The molecule has 0 amide bonds. The minimum atomic E-state index is -1.21. The Morgan fingerprint density at radius 3 is 1.36 bits per heavy atom. The van der Waals surface area contributed by atoms with Crippen molar-refractivity contribution < 1.29 is 19.1 Å². The number of hydrogen-bond donors (Lipinski definition) is 0. The Kier molecular flexibility index (Phi) is 6.96. The van der Waals surface area contributed by atoms with E-state index < -0.39 is 24.0 Å². The summed E-state index contributed by atoms with van der Waals surface area (Å²) in [6, 6.07) is 38.0. The number of esters is 2. The van der Waals surface area contributed by atoms with Crippen molar-refractivity contribution in [3.05, 3.63) is 144 Å². The van der Waals surface area contributed by atoms with Gasteiger partial charge in [-0.05, 0) is 5.56 Å². The van der Waals surface area contributed by atoms with E-state index >= 15 is 0 Å². The maximum Gasteiger partial charge on any atom is 0.318 e. The number of ether oxygens (including phenoxy) is 2. The fourth-order valence-corrected chi connectivity index (χ4v) is 3.81. The van der Waals surface area contributed by atoms with Crippen LogP contribution in [-0.4, -0.2) is 11.9 Å². The van der Waals surface area contributed by atoms with Crippen LogP contribution in [0, 0.1) is 0 Å². The highest BCUT2D eigenvalue weighted by Crippen LogP contribution is 2.40. The molecule has 0 aliphatic carbocycles. The molecule has 0 spiro atoms. The van der Waals surface area contributed by atoms with Crippen LogP contribution in [0.25, 0.3) is 0 Å². The molecule has 4 rings (SSSR count). The molecule has 4 nitrogen and oxygen atoms in total. The molecule has 4 aromatic rings. The first kappa shape index (κ1) is 22.0. The number of carbonyl (C=O) groups is 2. The highest BCUT2D eigenvalue weighted by molar-refractivity contribution is 5.91. The molecule has 0 saturated carbocycles. The Morgan fingerprint density at radius 2 is 0.939 bits per heavy atom. The van der Waals surface area contributed by atoms with Crippen LogP contribution in [0.4, 0.5) is 0 Å². The molecule has 33 heavy (non-hydrogen) atoms. The summed E-state index contributed by atoms with van der Waals surface area (Å²) in [4.78, 5) is 25.5. The lowest BCUT2D eigenvalue weighted by Crippen LogP contribution is -2.36. The second kappa shape index (κ2) is 10.4. The average molecular weight is 437 g/mol. The standard InChI is InChI=1S/C29H24O4/c30-27(32-22-23-13-5-1-6-14-23)21-28(31)33-29(24-15-7-2-8-16-24,25-17-9-3-10-18-25)26-19-11-4-12-20-26/h1-20H,21-22H2. The molecule has 0 heterocycles. The summed E-state index contributed by atoms with van der Waals surface area (Å²) < 4.78 is 11.5. The first-order valence-electron chi connectivity index (χ1n) is 10.8. The molecule has 0 bridgehead atoms. The van der Waals surface area contributed by atoms with E-state index in [0.717, 1.165) is 22.3 Å². The van der Waals surface area contributed by atoms with E-state index in [4.69, 9.17) is 9.47 Å². The summed E-state index contributed by atoms with van der Waals surface area (Å²) in [7, 11) is 0. The first-order chi connectivity index (χ1) is 16.2. The number of benzene rings is 4. The van der Waals surface area contributed by atoms with Gasteiger partial charge in [-0.25, -0.2) is 0 Å². The van der Waals surface area contributed by atoms with Crippen molar-refractivity contribution in [2.75, 3.05) is 0 Å². The van der Waals surface area contributed by atoms with Crippen molar-refractivity contribution in [2.24, 2.45) is 0 Å². The van der Waals surface area contributed by atoms with Gasteiger partial charge in [0.05, 0.1) is 0 Å². The van der Waals surface area contributed by atoms with Crippen LogP contribution >= 0.6 is 0 Å². The second-order valence-electron chi connectivity index (χ2n) is 7.58. The topological polar surface area (TPSA) is 52.6 Å². The van der Waals surface area contributed by atoms with Gasteiger partial charge in [0.25, 0.3) is 0 Å². The lowest BCUT2D eigenvalue weighted by Gasteiger charge is -2.35. The van der Waals surface area contributed by atoms with Gasteiger partial charge in [-0.1, -0.05) is 121 Å². The SMILES string of the molecule is O=C(CC(=O)OC(c1ccccc1)(c1ccccc1)c1ccccc1)OCc1ccccc1. The molecule has 0 radical (unpaired) electrons. The molecule has 4 heteroatoms. The second-order valence-corrected chi connectivity index (χ2v) is 7.58. The minimum Gasteiger partial charge on any atom is -0.460 e. The number of rotatable bonds is 8. The van der Waals surface area contributed by atoms with Crippen molar-refractivity contribution in [1.82, 2.24) is 0 Å². The Bertz CT molecular complexity index is 1080. The molecule has 4 aromatic carbocycles. The number of hydrogen-bond acceptors (Lipinski definition) is 4. The fourth-order valence-electron chi connectivity index (χ4n) is 3.81. The summed E-state index contributed by atoms with van der Waals surface area (Å²) in [5.41, 5.74) is 2.00. The maximum atomic E-state index is 13.1. The highest BCUT2D eigenvalue weighted by Gasteiger charge is 2.40. The predicted octanol–water partition coefficient (Wildman–Crippen LogP) is 5.66. The van der Waals surface area contributed by atoms with E-state index in [1.807, 2.05) is 121 Å². The summed E-state index contributed by atoms with van der Waals surface area (Å²) in [5, 5.41) is 0. The highest BCUT2D eigenvalue weighted by atomic mass is 16.6. The van der Waals surface area contributed by atoms with E-state index in [9.17, 15) is 9.59 Å². The third-order valence-electron chi connectivity index (χ3n) is 5.34. The monoisotopic (exact) mass is 436 g/mol. The first-order valence-corrected chi connectivity index (χ1v) is 10.8. The van der Waals surface area contributed by atoms with Gasteiger partial charge in [-0.2, -0.15) is 0 Å². The molecule has 0 unspecified atom stereocenters. The normalized spacial score (nSPS) is 10.9. The van der Waals surface area contributed by atoms with Gasteiger partial charge in [-0.15, -0.1) is 0 Å². The van der Waals surface area contributed by atoms with E-state index in [-0.39, 0.29) is 6.61 Å². The van der Waals surface area contributed by atoms with Gasteiger partial charge in [0.2, 0.25) is 0 Å². The van der Waals surface area contributed by atoms with Gasteiger partial charge in [-0.3, -0.25) is 9.59 Å². The van der Waals surface area contributed by atoms with Crippen LogP contribution in [-0.2, 0) is 31.3 Å². The van der Waals surface area contributed by atoms with E-state index in [1.54, 1.807) is 0 Å². The largest absolute Gasteiger partial charge is 0.460 e. The summed E-state index contributed by atoms with van der Waals surface area (Å²) in [6.07, 6.45) is -0.485. The smallest absolute Gasteiger partial charge is 0.318 e. The quantitative estimate of drug-likeness (QED) is 0.203. The Labute approximate surface area is 193 Å². The molecule has 0 saturated heterocycles. The molecule has 0 N–H and O–H groups in total. The molecule has 0 aromatic heterocycles. The van der Waals surface area contributed by atoms with E-state index in [2.05, 4.69) is 0 Å².